The van der Waals surface area contributed by atoms with Gasteiger partial charge in [0.1, 0.15) is 11.4 Å². The lowest BCUT2D eigenvalue weighted by Crippen LogP contribution is -2.39. The summed E-state index contributed by atoms with van der Waals surface area (Å²) in [5, 5.41) is 10.1. The molecule has 13 heavy (non-hydrogen) atoms. The van der Waals surface area contributed by atoms with Crippen molar-refractivity contribution in [2.24, 2.45) is 5.73 Å². The van der Waals surface area contributed by atoms with E-state index in [9.17, 15) is 5.11 Å². The second-order valence-electron chi connectivity index (χ2n) is 3.33. The van der Waals surface area contributed by atoms with Gasteiger partial charge < -0.3 is 15.6 Å². The van der Waals surface area contributed by atoms with Crippen molar-refractivity contribution >= 4 is 0 Å². The quantitative estimate of drug-likeness (QED) is 0.664. The van der Waals surface area contributed by atoms with Gasteiger partial charge in [0.15, 0.2) is 0 Å². The first-order chi connectivity index (χ1) is 6.26. The average Bonchev–Trinajstić information content (AvgIpc) is 2.19. The maximum atomic E-state index is 10.1. The summed E-state index contributed by atoms with van der Waals surface area (Å²) in [4.78, 5) is 0. The van der Waals surface area contributed by atoms with E-state index in [0.29, 0.717) is 13.0 Å². The number of hydrogen-bond donors (Lipinski definition) is 2. The first-order valence-electron chi connectivity index (χ1n) is 4.41. The first kappa shape index (κ1) is 8.53. The molecular formula is C10H13NO2. The van der Waals surface area contributed by atoms with Gasteiger partial charge >= 0.3 is 0 Å². The van der Waals surface area contributed by atoms with Gasteiger partial charge in [0.25, 0.3) is 0 Å². The molecule has 0 aromatic heterocycles. The van der Waals surface area contributed by atoms with Crippen LogP contribution in [0.4, 0.5) is 0 Å². The number of para-hydroxylation sites is 1. The molecule has 0 radical (unpaired) electrons. The molecule has 0 amide bonds. The third kappa shape index (κ3) is 1.30. The van der Waals surface area contributed by atoms with Crippen LogP contribution >= 0.6 is 0 Å². The molecule has 1 aliphatic rings. The third-order valence-corrected chi connectivity index (χ3v) is 2.50. The van der Waals surface area contributed by atoms with Crippen LogP contribution in [0.15, 0.2) is 24.3 Å². The second-order valence-corrected chi connectivity index (χ2v) is 3.33. The molecule has 0 saturated heterocycles. The molecule has 1 atom stereocenters. The molecule has 0 spiro atoms. The van der Waals surface area contributed by atoms with Gasteiger partial charge in [-0.3, -0.25) is 0 Å². The Morgan fingerprint density at radius 3 is 3.00 bits per heavy atom. The standard InChI is InChI=1S/C10H13NO2/c11-7-10(12)5-6-13-9-4-2-1-3-8(9)10/h1-4,12H,5-7,11H2/t10-/m0/s1. The molecule has 3 heteroatoms. The van der Waals surface area contributed by atoms with E-state index in [2.05, 4.69) is 0 Å². The smallest absolute Gasteiger partial charge is 0.125 e. The van der Waals surface area contributed by atoms with Gasteiger partial charge in [0.2, 0.25) is 0 Å². The van der Waals surface area contributed by atoms with Gasteiger partial charge in [-0.15, -0.1) is 0 Å². The van der Waals surface area contributed by atoms with Crippen molar-refractivity contribution in [1.29, 1.82) is 0 Å². The van der Waals surface area contributed by atoms with Gasteiger partial charge in [-0.25, -0.2) is 0 Å². The zero-order valence-electron chi connectivity index (χ0n) is 7.36. The van der Waals surface area contributed by atoms with E-state index >= 15 is 0 Å². The number of hydrogen-bond acceptors (Lipinski definition) is 3. The summed E-state index contributed by atoms with van der Waals surface area (Å²) in [7, 11) is 0. The van der Waals surface area contributed by atoms with E-state index in [1.54, 1.807) is 0 Å². The van der Waals surface area contributed by atoms with E-state index in [-0.39, 0.29) is 6.54 Å². The van der Waals surface area contributed by atoms with Crippen LogP contribution in [0.1, 0.15) is 12.0 Å². The average molecular weight is 179 g/mol. The maximum Gasteiger partial charge on any atom is 0.125 e. The highest BCUT2D eigenvalue weighted by molar-refractivity contribution is 5.39. The molecule has 0 unspecified atom stereocenters. The van der Waals surface area contributed by atoms with Gasteiger partial charge in [0.05, 0.1) is 6.61 Å². The number of fused-ring (bicyclic) bond motifs is 1. The van der Waals surface area contributed by atoms with Gasteiger partial charge in [-0.1, -0.05) is 18.2 Å². The predicted molar refractivity (Wildman–Crippen MR) is 49.5 cm³/mol. The third-order valence-electron chi connectivity index (χ3n) is 2.50. The van der Waals surface area contributed by atoms with Crippen molar-refractivity contribution in [2.45, 2.75) is 12.0 Å². The number of rotatable bonds is 1. The van der Waals surface area contributed by atoms with E-state index in [1.807, 2.05) is 24.3 Å². The summed E-state index contributed by atoms with van der Waals surface area (Å²) >= 11 is 0. The number of ether oxygens (including phenoxy) is 1. The van der Waals surface area contributed by atoms with E-state index < -0.39 is 5.60 Å². The van der Waals surface area contributed by atoms with Crippen molar-refractivity contribution in [3.63, 3.8) is 0 Å². The molecule has 0 bridgehead atoms. The van der Waals surface area contributed by atoms with Gasteiger partial charge in [-0.2, -0.15) is 0 Å². The van der Waals surface area contributed by atoms with Crippen molar-refractivity contribution in [2.75, 3.05) is 13.2 Å². The first-order valence-corrected chi connectivity index (χ1v) is 4.41. The molecule has 0 saturated carbocycles. The van der Waals surface area contributed by atoms with E-state index in [0.717, 1.165) is 11.3 Å². The fourth-order valence-electron chi connectivity index (χ4n) is 1.65. The minimum atomic E-state index is -0.894. The van der Waals surface area contributed by atoms with Crippen LogP contribution in [0.5, 0.6) is 5.75 Å². The lowest BCUT2D eigenvalue weighted by molar-refractivity contribution is 0.00535. The Labute approximate surface area is 77.1 Å². The van der Waals surface area contributed by atoms with Crippen LogP contribution in [0.3, 0.4) is 0 Å². The molecule has 0 aliphatic carbocycles. The number of benzene rings is 1. The maximum absolute atomic E-state index is 10.1. The number of nitrogens with two attached hydrogens (primary N) is 1. The minimum absolute atomic E-state index is 0.243. The highest BCUT2D eigenvalue weighted by Crippen LogP contribution is 2.35. The molecule has 1 aromatic rings. The van der Waals surface area contributed by atoms with Gasteiger partial charge in [0, 0.05) is 18.5 Å². The summed E-state index contributed by atoms with van der Waals surface area (Å²) < 4.78 is 5.41. The van der Waals surface area contributed by atoms with E-state index in [1.165, 1.54) is 0 Å². The zero-order chi connectivity index (χ0) is 9.31. The Morgan fingerprint density at radius 1 is 1.46 bits per heavy atom. The molecule has 70 valence electrons. The van der Waals surface area contributed by atoms with Crippen LogP contribution in [-0.4, -0.2) is 18.3 Å². The SMILES string of the molecule is NC[C@@]1(O)CCOc2ccccc21. The highest BCUT2D eigenvalue weighted by Gasteiger charge is 2.33. The highest BCUT2D eigenvalue weighted by atomic mass is 16.5. The largest absolute Gasteiger partial charge is 0.493 e. The van der Waals surface area contributed by atoms with Crippen LogP contribution < -0.4 is 10.5 Å². The zero-order valence-corrected chi connectivity index (χ0v) is 7.36. The monoisotopic (exact) mass is 179 g/mol. The Kier molecular flexibility index (Phi) is 1.98. The fourth-order valence-corrected chi connectivity index (χ4v) is 1.65. The van der Waals surface area contributed by atoms with Crippen molar-refractivity contribution in [1.82, 2.24) is 0 Å². The summed E-state index contributed by atoms with van der Waals surface area (Å²) in [5.41, 5.74) is 5.46. The van der Waals surface area contributed by atoms with Crippen LogP contribution in [0, 0.1) is 0 Å². The molecule has 2 rings (SSSR count). The summed E-state index contributed by atoms with van der Waals surface area (Å²) in [5.74, 6) is 0.752. The summed E-state index contributed by atoms with van der Waals surface area (Å²) in [6.45, 7) is 0.776. The fraction of sp³-hybridized carbons (Fsp3) is 0.400. The van der Waals surface area contributed by atoms with Crippen LogP contribution in [0.25, 0.3) is 0 Å². The van der Waals surface area contributed by atoms with Crippen molar-refractivity contribution in [3.05, 3.63) is 29.8 Å². The molecule has 3 nitrogen and oxygen atoms in total. The summed E-state index contributed by atoms with van der Waals surface area (Å²) in [6, 6.07) is 7.49. The summed E-state index contributed by atoms with van der Waals surface area (Å²) in [6.07, 6.45) is 0.570. The van der Waals surface area contributed by atoms with Crippen molar-refractivity contribution in [3.8, 4) is 5.75 Å². The lowest BCUT2D eigenvalue weighted by Gasteiger charge is -2.33. The topological polar surface area (TPSA) is 55.5 Å². The molecule has 1 aromatic carbocycles. The Hall–Kier alpha value is -1.06. The van der Waals surface area contributed by atoms with Crippen LogP contribution in [-0.2, 0) is 5.60 Å². The number of aliphatic hydroxyl groups is 1. The second kappa shape index (κ2) is 3.01. The molecule has 1 aliphatic heterocycles. The normalized spacial score (nSPS) is 26.3. The Balaban J connectivity index is 2.48. The van der Waals surface area contributed by atoms with Gasteiger partial charge in [-0.05, 0) is 6.07 Å². The van der Waals surface area contributed by atoms with Crippen LogP contribution in [0.2, 0.25) is 0 Å². The molecule has 3 N–H and O–H groups in total. The minimum Gasteiger partial charge on any atom is -0.493 e. The van der Waals surface area contributed by atoms with E-state index in [4.69, 9.17) is 10.5 Å². The molecular weight excluding hydrogens is 166 g/mol. The molecule has 0 fully saturated rings. The lowest BCUT2D eigenvalue weighted by atomic mass is 9.88. The molecule has 1 heterocycles. The Bertz CT molecular complexity index is 314. The Morgan fingerprint density at radius 2 is 2.23 bits per heavy atom. The van der Waals surface area contributed by atoms with Crippen molar-refractivity contribution < 1.29 is 9.84 Å². The predicted octanol–water partition coefficient (Wildman–Crippen LogP) is 0.615.